The van der Waals surface area contributed by atoms with Crippen molar-refractivity contribution in [2.75, 3.05) is 18.4 Å². The lowest BCUT2D eigenvalue weighted by molar-refractivity contribution is -0.147. The zero-order valence-electron chi connectivity index (χ0n) is 16.3. The van der Waals surface area contributed by atoms with Crippen molar-refractivity contribution in [3.05, 3.63) is 59.9 Å². The number of rotatable bonds is 7. The summed E-state index contributed by atoms with van der Waals surface area (Å²) in [5.41, 5.74) is 2.05. The second-order valence-corrected chi connectivity index (χ2v) is 6.72. The minimum atomic E-state index is -4.65. The minimum Gasteiger partial charge on any atom is -0.325 e. The van der Waals surface area contributed by atoms with E-state index in [0.717, 1.165) is 29.8 Å². The summed E-state index contributed by atoms with van der Waals surface area (Å²) >= 11 is 0. The fourth-order valence-electron chi connectivity index (χ4n) is 3.25. The monoisotopic (exact) mass is 404 g/mol. The lowest BCUT2D eigenvalue weighted by Gasteiger charge is -2.18. The number of carbonyl (C=O) groups is 1. The molecule has 3 aromatic rings. The summed E-state index contributed by atoms with van der Waals surface area (Å²) in [6.45, 7) is 6.21. The third-order valence-electron chi connectivity index (χ3n) is 4.72. The number of nitrogens with one attached hydrogen (secondary N) is 1. The average Bonchev–Trinajstić information content (AvgIpc) is 3.05. The van der Waals surface area contributed by atoms with Crippen molar-refractivity contribution in [1.82, 2.24) is 14.5 Å². The summed E-state index contributed by atoms with van der Waals surface area (Å²) in [7, 11) is 0. The summed E-state index contributed by atoms with van der Waals surface area (Å²) in [5, 5.41) is 2.70. The van der Waals surface area contributed by atoms with Gasteiger partial charge in [-0.3, -0.25) is 9.69 Å². The number of hydrogen-bond donors (Lipinski definition) is 1. The average molecular weight is 404 g/mol. The fraction of sp³-hybridized carbons (Fsp3) is 0.333. The molecule has 0 bridgehead atoms. The maximum Gasteiger partial charge on any atom is 0.449 e. The molecule has 1 amide bonds. The van der Waals surface area contributed by atoms with E-state index >= 15 is 0 Å². The standard InChI is InChI=1S/C21H23F3N4O/c1-3-27(4-2)13-15-8-7-9-16(12-15)25-19(29)14-28-18-11-6-5-10-17(18)26-20(28)21(22,23)24/h5-12H,3-4,13-14H2,1-2H3,(H,25,29). The highest BCUT2D eigenvalue weighted by Gasteiger charge is 2.38. The number of halogens is 3. The van der Waals surface area contributed by atoms with Crippen LogP contribution in [0.4, 0.5) is 18.9 Å². The lowest BCUT2D eigenvalue weighted by atomic mass is 10.2. The van der Waals surface area contributed by atoms with E-state index in [1.165, 1.54) is 12.1 Å². The van der Waals surface area contributed by atoms with Crippen LogP contribution in [0.25, 0.3) is 11.0 Å². The van der Waals surface area contributed by atoms with E-state index < -0.39 is 24.5 Å². The number of alkyl halides is 3. The van der Waals surface area contributed by atoms with Crippen LogP contribution in [0.15, 0.2) is 48.5 Å². The van der Waals surface area contributed by atoms with Gasteiger partial charge in [-0.1, -0.05) is 38.1 Å². The zero-order chi connectivity index (χ0) is 21.0. The predicted molar refractivity (Wildman–Crippen MR) is 106 cm³/mol. The summed E-state index contributed by atoms with van der Waals surface area (Å²) in [6.07, 6.45) is -4.65. The van der Waals surface area contributed by atoms with Crippen LogP contribution < -0.4 is 5.32 Å². The van der Waals surface area contributed by atoms with Gasteiger partial charge in [0.1, 0.15) is 6.54 Å². The molecule has 1 heterocycles. The molecule has 3 rings (SSSR count). The van der Waals surface area contributed by atoms with Gasteiger partial charge in [-0.05, 0) is 42.9 Å². The molecule has 0 saturated heterocycles. The molecule has 8 heteroatoms. The van der Waals surface area contributed by atoms with Gasteiger partial charge in [-0.15, -0.1) is 0 Å². The van der Waals surface area contributed by atoms with E-state index in [0.29, 0.717) is 5.69 Å². The highest BCUT2D eigenvalue weighted by molar-refractivity contribution is 5.91. The lowest BCUT2D eigenvalue weighted by Crippen LogP contribution is -2.24. The molecule has 0 unspecified atom stereocenters. The first-order chi connectivity index (χ1) is 13.8. The Hall–Kier alpha value is -2.87. The third-order valence-corrected chi connectivity index (χ3v) is 4.72. The highest BCUT2D eigenvalue weighted by Crippen LogP contribution is 2.31. The summed E-state index contributed by atoms with van der Waals surface area (Å²) in [6, 6.07) is 13.6. The van der Waals surface area contributed by atoms with Gasteiger partial charge < -0.3 is 9.88 Å². The molecule has 1 aromatic heterocycles. The first kappa shape index (κ1) is 20.9. The van der Waals surface area contributed by atoms with Crippen LogP contribution in [-0.4, -0.2) is 33.4 Å². The van der Waals surface area contributed by atoms with Gasteiger partial charge in [-0.25, -0.2) is 4.98 Å². The molecule has 2 aromatic carbocycles. The Kier molecular flexibility index (Phi) is 6.22. The largest absolute Gasteiger partial charge is 0.449 e. The van der Waals surface area contributed by atoms with Gasteiger partial charge in [-0.2, -0.15) is 13.2 Å². The van der Waals surface area contributed by atoms with Crippen molar-refractivity contribution in [1.29, 1.82) is 0 Å². The molecular weight excluding hydrogens is 381 g/mol. The molecule has 0 aliphatic rings. The zero-order valence-corrected chi connectivity index (χ0v) is 16.3. The topological polar surface area (TPSA) is 50.2 Å². The summed E-state index contributed by atoms with van der Waals surface area (Å²) in [4.78, 5) is 18.4. The number of aromatic nitrogens is 2. The van der Waals surface area contributed by atoms with Crippen molar-refractivity contribution in [2.24, 2.45) is 0 Å². The van der Waals surface area contributed by atoms with Crippen molar-refractivity contribution in [3.63, 3.8) is 0 Å². The first-order valence-corrected chi connectivity index (χ1v) is 9.45. The Balaban J connectivity index is 1.80. The summed E-state index contributed by atoms with van der Waals surface area (Å²) < 4.78 is 41.1. The van der Waals surface area contributed by atoms with E-state index in [9.17, 15) is 18.0 Å². The molecule has 29 heavy (non-hydrogen) atoms. The highest BCUT2D eigenvalue weighted by atomic mass is 19.4. The van der Waals surface area contributed by atoms with Crippen LogP contribution in [0, 0.1) is 0 Å². The second kappa shape index (κ2) is 8.65. The Morgan fingerprint density at radius 2 is 1.83 bits per heavy atom. The van der Waals surface area contributed by atoms with E-state index in [1.54, 1.807) is 18.2 Å². The van der Waals surface area contributed by atoms with Crippen LogP contribution in [0.3, 0.4) is 0 Å². The molecule has 0 spiro atoms. The minimum absolute atomic E-state index is 0.203. The summed E-state index contributed by atoms with van der Waals surface area (Å²) in [5.74, 6) is -1.62. The van der Waals surface area contributed by atoms with Crippen molar-refractivity contribution in [2.45, 2.75) is 33.1 Å². The number of amides is 1. The molecule has 154 valence electrons. The van der Waals surface area contributed by atoms with E-state index in [2.05, 4.69) is 29.0 Å². The SMILES string of the molecule is CCN(CC)Cc1cccc(NC(=O)Cn2c(C(F)(F)F)nc3ccccc32)c1. The predicted octanol–water partition coefficient (Wildman–Crippen LogP) is 4.54. The number of imidazole rings is 1. The Labute approximate surface area is 167 Å². The van der Waals surface area contributed by atoms with Crippen molar-refractivity contribution < 1.29 is 18.0 Å². The molecule has 0 aliphatic heterocycles. The number of fused-ring (bicyclic) bond motifs is 1. The number of hydrogen-bond acceptors (Lipinski definition) is 3. The number of para-hydroxylation sites is 2. The van der Waals surface area contributed by atoms with Crippen LogP contribution in [0.2, 0.25) is 0 Å². The molecule has 0 aliphatic carbocycles. The van der Waals surface area contributed by atoms with Gasteiger partial charge in [0.05, 0.1) is 11.0 Å². The fourth-order valence-corrected chi connectivity index (χ4v) is 3.25. The van der Waals surface area contributed by atoms with Gasteiger partial charge >= 0.3 is 6.18 Å². The van der Waals surface area contributed by atoms with Gasteiger partial charge in [0, 0.05) is 12.2 Å². The van der Waals surface area contributed by atoms with E-state index in [-0.39, 0.29) is 11.0 Å². The maximum atomic E-state index is 13.4. The molecule has 5 nitrogen and oxygen atoms in total. The third kappa shape index (κ3) is 4.95. The number of benzene rings is 2. The number of nitrogens with zero attached hydrogens (tertiary/aromatic N) is 3. The van der Waals surface area contributed by atoms with E-state index in [1.807, 2.05) is 18.2 Å². The Bertz CT molecular complexity index is 993. The van der Waals surface area contributed by atoms with Gasteiger partial charge in [0.2, 0.25) is 11.7 Å². The Morgan fingerprint density at radius 3 is 2.52 bits per heavy atom. The van der Waals surface area contributed by atoms with Crippen LogP contribution in [-0.2, 0) is 24.1 Å². The number of anilines is 1. The molecule has 0 fully saturated rings. The van der Waals surface area contributed by atoms with Crippen LogP contribution in [0.5, 0.6) is 0 Å². The van der Waals surface area contributed by atoms with Crippen LogP contribution >= 0.6 is 0 Å². The maximum absolute atomic E-state index is 13.4. The van der Waals surface area contributed by atoms with Crippen molar-refractivity contribution >= 4 is 22.6 Å². The van der Waals surface area contributed by atoms with E-state index in [4.69, 9.17) is 0 Å². The molecular formula is C21H23F3N4O. The molecule has 1 N–H and O–H groups in total. The second-order valence-electron chi connectivity index (χ2n) is 6.72. The molecule has 0 radical (unpaired) electrons. The Morgan fingerprint density at radius 1 is 1.10 bits per heavy atom. The van der Waals surface area contributed by atoms with Crippen molar-refractivity contribution in [3.8, 4) is 0 Å². The first-order valence-electron chi connectivity index (χ1n) is 9.45. The quantitative estimate of drug-likeness (QED) is 0.629. The molecule has 0 atom stereocenters. The van der Waals surface area contributed by atoms with Gasteiger partial charge in [0.25, 0.3) is 0 Å². The normalized spacial score (nSPS) is 11.9. The van der Waals surface area contributed by atoms with Crippen LogP contribution in [0.1, 0.15) is 25.2 Å². The smallest absolute Gasteiger partial charge is 0.325 e. The van der Waals surface area contributed by atoms with Gasteiger partial charge in [0.15, 0.2) is 0 Å². The molecule has 0 saturated carbocycles. The number of carbonyl (C=O) groups excluding carboxylic acids is 1.